The Morgan fingerprint density at radius 2 is 2.00 bits per heavy atom. The van der Waals surface area contributed by atoms with Crippen molar-refractivity contribution in [3.05, 3.63) is 34.1 Å². The van der Waals surface area contributed by atoms with Crippen molar-refractivity contribution in [1.82, 2.24) is 5.32 Å². The fourth-order valence-corrected chi connectivity index (χ4v) is 1.41. The van der Waals surface area contributed by atoms with Gasteiger partial charge >= 0.3 is 5.97 Å². The van der Waals surface area contributed by atoms with Crippen molar-refractivity contribution < 1.29 is 19.1 Å². The molecule has 0 saturated carbocycles. The molecule has 4 nitrogen and oxygen atoms in total. The van der Waals surface area contributed by atoms with Crippen LogP contribution in [-0.4, -0.2) is 22.5 Å². The molecule has 0 fully saturated rings. The fourth-order valence-electron chi connectivity index (χ4n) is 1.08. The van der Waals surface area contributed by atoms with Gasteiger partial charge in [0, 0.05) is 4.47 Å². The van der Waals surface area contributed by atoms with Gasteiger partial charge in [-0.2, -0.15) is 0 Å². The molecule has 92 valence electrons. The van der Waals surface area contributed by atoms with Gasteiger partial charge in [-0.1, -0.05) is 15.9 Å². The summed E-state index contributed by atoms with van der Waals surface area (Å²) >= 11 is 3.06. The molecule has 0 radical (unpaired) electrons. The molecule has 0 aliphatic heterocycles. The van der Waals surface area contributed by atoms with Crippen LogP contribution in [0.3, 0.4) is 0 Å². The zero-order valence-electron chi connectivity index (χ0n) is 9.25. The fraction of sp³-hybridized carbons (Fsp3) is 0.273. The van der Waals surface area contributed by atoms with E-state index in [0.717, 1.165) is 6.07 Å². The molecule has 0 aromatic heterocycles. The molecule has 0 aliphatic rings. The standard InChI is InChI=1S/C11H11BrFNO3/c1-11(2,10(16)17)14-9(15)7-4-3-6(12)5-8(7)13/h3-5H,1-2H3,(H,14,15)(H,16,17). The lowest BCUT2D eigenvalue weighted by Gasteiger charge is -2.21. The van der Waals surface area contributed by atoms with Gasteiger partial charge in [-0.05, 0) is 32.0 Å². The number of rotatable bonds is 3. The van der Waals surface area contributed by atoms with Crippen LogP contribution in [-0.2, 0) is 4.79 Å². The van der Waals surface area contributed by atoms with Crippen molar-refractivity contribution in [2.75, 3.05) is 0 Å². The van der Waals surface area contributed by atoms with E-state index in [1.807, 2.05) is 0 Å². The Balaban J connectivity index is 2.95. The summed E-state index contributed by atoms with van der Waals surface area (Å²) in [6.45, 7) is 2.65. The van der Waals surface area contributed by atoms with E-state index in [-0.39, 0.29) is 5.56 Å². The van der Waals surface area contributed by atoms with Crippen LogP contribution >= 0.6 is 15.9 Å². The van der Waals surface area contributed by atoms with E-state index < -0.39 is 23.2 Å². The predicted octanol–water partition coefficient (Wildman–Crippen LogP) is 2.18. The Bertz CT molecular complexity index is 474. The molecule has 0 bridgehead atoms. The second-order valence-corrected chi connectivity index (χ2v) is 4.92. The molecule has 0 heterocycles. The first-order valence-electron chi connectivity index (χ1n) is 4.75. The minimum Gasteiger partial charge on any atom is -0.480 e. The predicted molar refractivity (Wildman–Crippen MR) is 63.3 cm³/mol. The van der Waals surface area contributed by atoms with Crippen molar-refractivity contribution in [1.29, 1.82) is 0 Å². The molecule has 1 aromatic carbocycles. The lowest BCUT2D eigenvalue weighted by molar-refractivity contribution is -0.143. The van der Waals surface area contributed by atoms with E-state index in [2.05, 4.69) is 21.2 Å². The van der Waals surface area contributed by atoms with Gasteiger partial charge in [0.05, 0.1) is 5.56 Å². The lowest BCUT2D eigenvalue weighted by Crippen LogP contribution is -2.49. The molecule has 0 aliphatic carbocycles. The molecule has 1 aromatic rings. The van der Waals surface area contributed by atoms with Crippen LogP contribution in [0.25, 0.3) is 0 Å². The van der Waals surface area contributed by atoms with Crippen LogP contribution < -0.4 is 5.32 Å². The number of carboxylic acids is 1. The Hall–Kier alpha value is -1.43. The number of carboxylic acid groups (broad SMARTS) is 1. The molecular weight excluding hydrogens is 293 g/mol. The van der Waals surface area contributed by atoms with Gasteiger partial charge in [0.1, 0.15) is 11.4 Å². The van der Waals surface area contributed by atoms with Gasteiger partial charge in [0.25, 0.3) is 5.91 Å². The molecule has 17 heavy (non-hydrogen) atoms. The van der Waals surface area contributed by atoms with Crippen molar-refractivity contribution >= 4 is 27.8 Å². The molecule has 0 saturated heterocycles. The van der Waals surface area contributed by atoms with Gasteiger partial charge in [0.2, 0.25) is 0 Å². The minimum absolute atomic E-state index is 0.192. The van der Waals surface area contributed by atoms with Crippen LogP contribution in [0.5, 0.6) is 0 Å². The van der Waals surface area contributed by atoms with Gasteiger partial charge in [-0.15, -0.1) is 0 Å². The Morgan fingerprint density at radius 1 is 1.41 bits per heavy atom. The van der Waals surface area contributed by atoms with Crippen LogP contribution in [0, 0.1) is 5.82 Å². The number of aliphatic carboxylic acids is 1. The van der Waals surface area contributed by atoms with Crippen LogP contribution in [0.2, 0.25) is 0 Å². The number of carbonyl (C=O) groups excluding carboxylic acids is 1. The highest BCUT2D eigenvalue weighted by molar-refractivity contribution is 9.10. The van der Waals surface area contributed by atoms with E-state index in [4.69, 9.17) is 5.11 Å². The first kappa shape index (κ1) is 13.6. The average molecular weight is 304 g/mol. The smallest absolute Gasteiger partial charge is 0.328 e. The second-order valence-electron chi connectivity index (χ2n) is 4.01. The minimum atomic E-state index is -1.45. The van der Waals surface area contributed by atoms with Gasteiger partial charge in [-0.3, -0.25) is 4.79 Å². The molecule has 1 amide bonds. The number of halogens is 2. The number of carbonyl (C=O) groups is 2. The Kier molecular flexibility index (Phi) is 3.87. The first-order chi connectivity index (χ1) is 7.74. The van der Waals surface area contributed by atoms with E-state index >= 15 is 0 Å². The third-order valence-electron chi connectivity index (χ3n) is 2.14. The van der Waals surface area contributed by atoms with Gasteiger partial charge < -0.3 is 10.4 Å². The Morgan fingerprint density at radius 3 is 2.47 bits per heavy atom. The maximum atomic E-state index is 13.4. The summed E-state index contributed by atoms with van der Waals surface area (Å²) in [5, 5.41) is 11.1. The maximum Gasteiger partial charge on any atom is 0.328 e. The van der Waals surface area contributed by atoms with Gasteiger partial charge in [-0.25, -0.2) is 9.18 Å². The number of hydrogen-bond donors (Lipinski definition) is 2. The number of nitrogens with one attached hydrogen (secondary N) is 1. The second kappa shape index (κ2) is 4.83. The average Bonchev–Trinajstić information content (AvgIpc) is 2.15. The third kappa shape index (κ3) is 3.26. The summed E-state index contributed by atoms with van der Waals surface area (Å²) in [6.07, 6.45) is 0. The van der Waals surface area contributed by atoms with Crippen LogP contribution in [0.15, 0.2) is 22.7 Å². The number of amides is 1. The van der Waals surface area contributed by atoms with Crippen molar-refractivity contribution in [2.24, 2.45) is 0 Å². The molecule has 1 rings (SSSR count). The molecule has 0 spiro atoms. The molecule has 0 atom stereocenters. The summed E-state index contributed by atoms with van der Waals surface area (Å²) in [4.78, 5) is 22.5. The van der Waals surface area contributed by atoms with Crippen LogP contribution in [0.4, 0.5) is 4.39 Å². The molecule has 2 N–H and O–H groups in total. The monoisotopic (exact) mass is 303 g/mol. The SMILES string of the molecule is CC(C)(NC(=O)c1ccc(Br)cc1F)C(=O)O. The van der Waals surface area contributed by atoms with E-state index in [0.29, 0.717) is 4.47 Å². The first-order valence-corrected chi connectivity index (χ1v) is 5.54. The highest BCUT2D eigenvalue weighted by Gasteiger charge is 2.30. The highest BCUT2D eigenvalue weighted by Crippen LogP contribution is 2.16. The molecular formula is C11H11BrFNO3. The highest BCUT2D eigenvalue weighted by atomic mass is 79.9. The lowest BCUT2D eigenvalue weighted by atomic mass is 10.1. The van der Waals surface area contributed by atoms with E-state index in [9.17, 15) is 14.0 Å². The van der Waals surface area contributed by atoms with E-state index in [1.54, 1.807) is 0 Å². The van der Waals surface area contributed by atoms with Crippen molar-refractivity contribution in [3.8, 4) is 0 Å². The summed E-state index contributed by atoms with van der Waals surface area (Å²) in [5.41, 5.74) is -1.64. The summed E-state index contributed by atoms with van der Waals surface area (Å²) in [6, 6.07) is 3.93. The third-order valence-corrected chi connectivity index (χ3v) is 2.63. The summed E-state index contributed by atoms with van der Waals surface area (Å²) in [7, 11) is 0. The summed E-state index contributed by atoms with van der Waals surface area (Å²) in [5.74, 6) is -2.66. The van der Waals surface area contributed by atoms with Crippen LogP contribution in [0.1, 0.15) is 24.2 Å². The van der Waals surface area contributed by atoms with Crippen molar-refractivity contribution in [2.45, 2.75) is 19.4 Å². The maximum absolute atomic E-state index is 13.4. The summed E-state index contributed by atoms with van der Waals surface area (Å²) < 4.78 is 13.9. The zero-order chi connectivity index (χ0) is 13.2. The number of hydrogen-bond acceptors (Lipinski definition) is 2. The normalized spacial score (nSPS) is 11.1. The molecule has 0 unspecified atom stereocenters. The Labute approximate surface area is 106 Å². The van der Waals surface area contributed by atoms with E-state index in [1.165, 1.54) is 26.0 Å². The van der Waals surface area contributed by atoms with Gasteiger partial charge in [0.15, 0.2) is 0 Å². The zero-order valence-corrected chi connectivity index (χ0v) is 10.8. The largest absolute Gasteiger partial charge is 0.480 e. The number of benzene rings is 1. The quantitative estimate of drug-likeness (QED) is 0.899. The molecule has 6 heteroatoms. The van der Waals surface area contributed by atoms with Crippen molar-refractivity contribution in [3.63, 3.8) is 0 Å². The topological polar surface area (TPSA) is 66.4 Å².